The quantitative estimate of drug-likeness (QED) is 0.108. The molecule has 0 heterocycles. The number of halogens is 1. The summed E-state index contributed by atoms with van der Waals surface area (Å²) >= 11 is 5.71. The minimum Gasteiger partial charge on any atom is -0.507 e. The Kier molecular flexibility index (Phi) is 5.90. The van der Waals surface area contributed by atoms with Gasteiger partial charge in [-0.2, -0.15) is 16.8 Å². The molecule has 0 aliphatic carbocycles. The van der Waals surface area contributed by atoms with E-state index < -0.39 is 74.2 Å². The van der Waals surface area contributed by atoms with Crippen LogP contribution in [-0.2, 0) is 20.2 Å². The van der Waals surface area contributed by atoms with Gasteiger partial charge in [-0.15, -0.1) is 10.2 Å². The number of nitro benzene ring substituents is 1. The van der Waals surface area contributed by atoms with Gasteiger partial charge in [-0.05, 0) is 17.5 Å². The van der Waals surface area contributed by atoms with E-state index in [1.165, 1.54) is 0 Å². The number of nitro groups is 1. The molecule has 0 aliphatic heterocycles. The Hall–Kier alpha value is -3.57. The van der Waals surface area contributed by atoms with Crippen molar-refractivity contribution in [1.29, 1.82) is 0 Å². The second-order valence-corrected chi connectivity index (χ2v) is 9.60. The van der Waals surface area contributed by atoms with Crippen LogP contribution < -0.4 is 5.73 Å². The second kappa shape index (κ2) is 8.09. The lowest BCUT2D eigenvalue weighted by Crippen LogP contribution is -2.03. The molecule has 14 nitrogen and oxygen atoms in total. The van der Waals surface area contributed by atoms with E-state index in [2.05, 4.69) is 10.2 Å². The van der Waals surface area contributed by atoms with Crippen LogP contribution in [-0.4, -0.2) is 41.1 Å². The molecular formula is C16H11ClN4O10S2. The molecular weight excluding hydrogens is 508 g/mol. The van der Waals surface area contributed by atoms with Crippen molar-refractivity contribution in [1.82, 2.24) is 0 Å². The number of hydrogen-bond acceptors (Lipinski definition) is 11. The van der Waals surface area contributed by atoms with Crippen LogP contribution in [0, 0.1) is 10.1 Å². The number of anilines is 1. The molecule has 6 N–H and O–H groups in total. The standard InChI is InChI=1S/C16H11ClN4O10S2/c17-9-3-7(21(24)25)4-10(16(9)23)19-20-15-12(33(29,30)31)2-6-1-8(32(26,27)28)5-11(22)13(6)14(15)18/h1-5,22-23H,18H2,(H,26,27,28)(H,29,30,31). The first-order chi connectivity index (χ1) is 15.1. The number of phenols is 2. The highest BCUT2D eigenvalue weighted by Gasteiger charge is 2.24. The third kappa shape index (κ3) is 4.64. The number of non-ortho nitro benzene ring substituents is 1. The van der Waals surface area contributed by atoms with E-state index in [0.717, 1.165) is 18.2 Å². The van der Waals surface area contributed by atoms with E-state index in [4.69, 9.17) is 17.3 Å². The number of nitrogen functional groups attached to an aromatic ring is 1. The van der Waals surface area contributed by atoms with Crippen LogP contribution in [0.15, 0.2) is 50.4 Å². The molecule has 0 aromatic heterocycles. The molecule has 0 amide bonds. The van der Waals surface area contributed by atoms with Gasteiger partial charge < -0.3 is 15.9 Å². The third-order valence-electron chi connectivity index (χ3n) is 4.24. The van der Waals surface area contributed by atoms with Gasteiger partial charge in [-0.25, -0.2) is 0 Å². The van der Waals surface area contributed by atoms with Crippen molar-refractivity contribution in [2.75, 3.05) is 5.73 Å². The van der Waals surface area contributed by atoms with Crippen molar-refractivity contribution >= 4 is 65.4 Å². The molecule has 0 fully saturated rings. The van der Waals surface area contributed by atoms with E-state index in [0.29, 0.717) is 12.1 Å². The lowest BCUT2D eigenvalue weighted by atomic mass is 10.1. The van der Waals surface area contributed by atoms with Gasteiger partial charge in [0.2, 0.25) is 0 Å². The molecule has 3 aromatic rings. The SMILES string of the molecule is Nc1c(N=Nc2cc([N+](=O)[O-])cc(Cl)c2O)c(S(=O)(=O)O)cc2cc(S(=O)(=O)O)cc(O)c12. The predicted molar refractivity (Wildman–Crippen MR) is 114 cm³/mol. The lowest BCUT2D eigenvalue weighted by Gasteiger charge is -2.12. The van der Waals surface area contributed by atoms with Crippen LogP contribution in [0.1, 0.15) is 0 Å². The van der Waals surface area contributed by atoms with Crippen LogP contribution in [0.3, 0.4) is 0 Å². The van der Waals surface area contributed by atoms with Gasteiger partial charge in [-0.3, -0.25) is 19.2 Å². The minimum atomic E-state index is -5.08. The largest absolute Gasteiger partial charge is 0.507 e. The highest BCUT2D eigenvalue weighted by Crippen LogP contribution is 2.44. The number of aromatic hydroxyl groups is 2. The summed E-state index contributed by atoms with van der Waals surface area (Å²) < 4.78 is 65.4. The molecule has 174 valence electrons. The number of azo groups is 1. The first kappa shape index (κ1) is 24.1. The number of benzene rings is 3. The van der Waals surface area contributed by atoms with Gasteiger partial charge in [0.15, 0.2) is 5.75 Å². The topological polar surface area (TPSA) is 243 Å². The molecule has 0 radical (unpaired) electrons. The van der Waals surface area contributed by atoms with E-state index in [9.17, 15) is 46.3 Å². The number of rotatable bonds is 5. The van der Waals surface area contributed by atoms with Crippen molar-refractivity contribution in [2.45, 2.75) is 9.79 Å². The van der Waals surface area contributed by atoms with E-state index in [1.807, 2.05) is 0 Å². The summed E-state index contributed by atoms with van der Waals surface area (Å²) in [4.78, 5) is 8.36. The van der Waals surface area contributed by atoms with Crippen LogP contribution >= 0.6 is 11.6 Å². The summed E-state index contributed by atoms with van der Waals surface area (Å²) in [6.45, 7) is 0. The fourth-order valence-electron chi connectivity index (χ4n) is 2.79. The molecule has 0 bridgehead atoms. The zero-order chi connectivity index (χ0) is 24.9. The maximum atomic E-state index is 11.9. The van der Waals surface area contributed by atoms with E-state index in [-0.39, 0.29) is 10.8 Å². The summed E-state index contributed by atoms with van der Waals surface area (Å²) in [7, 11) is -9.88. The zero-order valence-corrected chi connectivity index (χ0v) is 18.1. The number of phenolic OH excluding ortho intramolecular Hbond substituents is 2. The van der Waals surface area contributed by atoms with Gasteiger partial charge in [-0.1, -0.05) is 11.6 Å². The van der Waals surface area contributed by atoms with Crippen molar-refractivity contribution in [3.63, 3.8) is 0 Å². The molecule has 0 aliphatic rings. The van der Waals surface area contributed by atoms with Crippen molar-refractivity contribution in [3.05, 3.63) is 45.5 Å². The van der Waals surface area contributed by atoms with E-state index >= 15 is 0 Å². The maximum Gasteiger partial charge on any atom is 0.296 e. The number of fused-ring (bicyclic) bond motifs is 1. The Labute approximate surface area is 189 Å². The van der Waals surface area contributed by atoms with Crippen LogP contribution in [0.25, 0.3) is 10.8 Å². The third-order valence-corrected chi connectivity index (χ3v) is 6.22. The van der Waals surface area contributed by atoms with Crippen molar-refractivity contribution < 1.29 is 41.1 Å². The summed E-state index contributed by atoms with van der Waals surface area (Å²) in [5.41, 5.74) is 3.41. The van der Waals surface area contributed by atoms with Crippen LogP contribution in [0.2, 0.25) is 5.02 Å². The summed E-state index contributed by atoms with van der Waals surface area (Å²) in [5.74, 6) is -1.53. The van der Waals surface area contributed by atoms with Gasteiger partial charge >= 0.3 is 0 Å². The molecule has 0 atom stereocenters. The first-order valence-corrected chi connectivity index (χ1v) is 11.5. The average Bonchev–Trinajstić information content (AvgIpc) is 2.67. The number of nitrogens with zero attached hydrogens (tertiary/aromatic N) is 3. The zero-order valence-electron chi connectivity index (χ0n) is 15.7. The van der Waals surface area contributed by atoms with Crippen molar-refractivity contribution in [2.24, 2.45) is 10.2 Å². The summed E-state index contributed by atoms with van der Waals surface area (Å²) in [6.07, 6.45) is 0. The Morgan fingerprint density at radius 2 is 1.61 bits per heavy atom. The lowest BCUT2D eigenvalue weighted by molar-refractivity contribution is -0.384. The Morgan fingerprint density at radius 1 is 0.970 bits per heavy atom. The Bertz CT molecular complexity index is 1590. The van der Waals surface area contributed by atoms with Crippen molar-refractivity contribution in [3.8, 4) is 11.5 Å². The molecule has 17 heteroatoms. The second-order valence-electron chi connectivity index (χ2n) is 6.38. The molecule has 0 saturated carbocycles. The predicted octanol–water partition coefficient (Wildman–Crippen LogP) is 3.30. The fourth-order valence-corrected chi connectivity index (χ4v) is 4.21. The molecule has 33 heavy (non-hydrogen) atoms. The Morgan fingerprint density at radius 3 is 2.15 bits per heavy atom. The highest BCUT2D eigenvalue weighted by atomic mass is 35.5. The maximum absolute atomic E-state index is 11.9. The summed E-state index contributed by atoms with van der Waals surface area (Å²) in [6, 6.07) is 3.71. The Balaban J connectivity index is 2.35. The van der Waals surface area contributed by atoms with Gasteiger partial charge in [0, 0.05) is 23.6 Å². The molecule has 3 rings (SSSR count). The molecule has 0 spiro atoms. The number of nitrogens with two attached hydrogens (primary N) is 1. The first-order valence-electron chi connectivity index (χ1n) is 8.24. The monoisotopic (exact) mass is 518 g/mol. The van der Waals surface area contributed by atoms with Gasteiger partial charge in [0.05, 0.1) is 20.5 Å². The van der Waals surface area contributed by atoms with Crippen LogP contribution in [0.5, 0.6) is 11.5 Å². The van der Waals surface area contributed by atoms with Gasteiger partial charge in [0.1, 0.15) is 22.0 Å². The normalized spacial score (nSPS) is 12.5. The summed E-state index contributed by atoms with van der Waals surface area (Å²) in [5, 5.41) is 37.1. The fraction of sp³-hybridized carbons (Fsp3) is 0. The van der Waals surface area contributed by atoms with E-state index in [1.54, 1.807) is 0 Å². The molecule has 0 unspecified atom stereocenters. The highest BCUT2D eigenvalue weighted by molar-refractivity contribution is 7.86. The minimum absolute atomic E-state index is 0.312. The van der Waals surface area contributed by atoms with Gasteiger partial charge in [0.25, 0.3) is 25.9 Å². The molecule has 0 saturated heterocycles. The molecule has 3 aromatic carbocycles. The smallest absolute Gasteiger partial charge is 0.296 e. The average molecular weight is 519 g/mol. The number of hydrogen-bond donors (Lipinski definition) is 5. The van der Waals surface area contributed by atoms with Crippen LogP contribution in [0.4, 0.5) is 22.7 Å².